The number of carbonyl (C=O) groups excluding carboxylic acids is 1. The van der Waals surface area contributed by atoms with Crippen LogP contribution in [0.5, 0.6) is 5.75 Å². The zero-order chi connectivity index (χ0) is 30.7. The van der Waals surface area contributed by atoms with Crippen LogP contribution in [0.25, 0.3) is 0 Å². The number of aryl methyl sites for hydroxylation is 1. The van der Waals surface area contributed by atoms with Crippen molar-refractivity contribution in [1.82, 2.24) is 9.21 Å². The Hall–Kier alpha value is -3.45. The van der Waals surface area contributed by atoms with E-state index in [2.05, 4.69) is 4.72 Å². The number of ether oxygens (including phenoxy) is 1. The normalized spacial score (nSPS) is 18.8. The number of fused-ring (bicyclic) bond motifs is 1. The summed E-state index contributed by atoms with van der Waals surface area (Å²) in [6, 6.07) is 18.7. The minimum absolute atomic E-state index is 0.00522. The van der Waals surface area contributed by atoms with E-state index in [1.165, 1.54) is 23.5 Å². The van der Waals surface area contributed by atoms with Gasteiger partial charge in [-0.05, 0) is 56.3 Å². The third-order valence-corrected chi connectivity index (χ3v) is 10.6. The lowest BCUT2D eigenvalue weighted by molar-refractivity contribution is -0.134. The molecule has 0 aromatic heterocycles. The van der Waals surface area contributed by atoms with Gasteiger partial charge in [-0.15, -0.1) is 0 Å². The van der Waals surface area contributed by atoms with Gasteiger partial charge in [-0.25, -0.2) is 16.8 Å². The molecule has 12 heteroatoms. The number of benzene rings is 3. The Morgan fingerprint density at radius 2 is 1.69 bits per heavy atom. The van der Waals surface area contributed by atoms with Crippen LogP contribution in [0.4, 0.5) is 5.69 Å². The van der Waals surface area contributed by atoms with Gasteiger partial charge in [0, 0.05) is 30.8 Å². The van der Waals surface area contributed by atoms with E-state index in [0.29, 0.717) is 11.3 Å². The molecule has 0 saturated carbocycles. The van der Waals surface area contributed by atoms with Crippen LogP contribution in [0.1, 0.15) is 25.0 Å². The first-order valence-electron chi connectivity index (χ1n) is 13.6. The maximum atomic E-state index is 13.5. The lowest BCUT2D eigenvalue weighted by Gasteiger charge is -2.33. The molecule has 10 nitrogen and oxygen atoms in total. The standard InChI is InChI=1S/C30H37N3O7S2/c1-21-10-13-27(14-11-21)42(38,39)32(4)19-29-22(2)18-33(23(3)20-34)30(35)17-24-16-25(12-15-28(24)40-29)31-41(36,37)26-8-6-5-7-9-26/h5-16,22-23,29,31,34H,17-20H2,1-4H3/t22-,23+,29-/m1/s1. The maximum absolute atomic E-state index is 13.5. The molecular formula is C30H37N3O7S2. The SMILES string of the molecule is Cc1ccc(S(=O)(=O)N(C)C[C@H]2Oc3ccc(NS(=O)(=O)c4ccccc4)cc3CC(=O)N([C@@H](C)CO)C[C@H]2C)cc1. The molecule has 0 bridgehead atoms. The van der Waals surface area contributed by atoms with Crippen molar-refractivity contribution in [1.29, 1.82) is 0 Å². The van der Waals surface area contributed by atoms with Crippen molar-refractivity contribution < 1.29 is 31.5 Å². The summed E-state index contributed by atoms with van der Waals surface area (Å²) in [7, 11) is -6.22. The smallest absolute Gasteiger partial charge is 0.261 e. The highest BCUT2D eigenvalue weighted by atomic mass is 32.2. The van der Waals surface area contributed by atoms with Gasteiger partial charge in [0.25, 0.3) is 10.0 Å². The van der Waals surface area contributed by atoms with E-state index in [0.717, 1.165) is 5.56 Å². The molecule has 226 valence electrons. The Morgan fingerprint density at radius 3 is 2.33 bits per heavy atom. The van der Waals surface area contributed by atoms with Crippen molar-refractivity contribution in [3.63, 3.8) is 0 Å². The van der Waals surface area contributed by atoms with Crippen LogP contribution in [-0.2, 0) is 31.3 Å². The van der Waals surface area contributed by atoms with E-state index in [1.807, 2.05) is 13.8 Å². The molecule has 1 heterocycles. The highest BCUT2D eigenvalue weighted by Crippen LogP contribution is 2.30. The summed E-state index contributed by atoms with van der Waals surface area (Å²) >= 11 is 0. The number of carbonyl (C=O) groups is 1. The van der Waals surface area contributed by atoms with Crippen LogP contribution >= 0.6 is 0 Å². The Labute approximate surface area is 248 Å². The highest BCUT2D eigenvalue weighted by Gasteiger charge is 2.33. The van der Waals surface area contributed by atoms with Crippen molar-refractivity contribution >= 4 is 31.6 Å². The summed E-state index contributed by atoms with van der Waals surface area (Å²) in [5, 5.41) is 9.87. The second kappa shape index (κ2) is 12.8. The third kappa shape index (κ3) is 7.12. The predicted molar refractivity (Wildman–Crippen MR) is 160 cm³/mol. The lowest BCUT2D eigenvalue weighted by atomic mass is 10.0. The Morgan fingerprint density at radius 1 is 1.02 bits per heavy atom. The van der Waals surface area contributed by atoms with Crippen molar-refractivity contribution in [3.05, 3.63) is 83.9 Å². The number of aliphatic hydroxyl groups is 1. The van der Waals surface area contributed by atoms with Gasteiger partial charge in [0.05, 0.1) is 35.4 Å². The molecule has 1 aliphatic heterocycles. The molecule has 0 saturated heterocycles. The molecule has 0 fully saturated rings. The van der Waals surface area contributed by atoms with Crippen LogP contribution in [-0.4, -0.2) is 75.9 Å². The van der Waals surface area contributed by atoms with Crippen LogP contribution in [0, 0.1) is 12.8 Å². The molecule has 1 aliphatic rings. The molecule has 0 radical (unpaired) electrons. The van der Waals surface area contributed by atoms with Gasteiger partial charge in [0.2, 0.25) is 15.9 Å². The van der Waals surface area contributed by atoms with Crippen LogP contribution < -0.4 is 9.46 Å². The molecule has 4 rings (SSSR count). The summed E-state index contributed by atoms with van der Waals surface area (Å²) in [6.45, 7) is 5.45. The summed E-state index contributed by atoms with van der Waals surface area (Å²) < 4.78 is 62.8. The van der Waals surface area contributed by atoms with Crippen LogP contribution in [0.15, 0.2) is 82.6 Å². The number of nitrogens with zero attached hydrogens (tertiary/aromatic N) is 2. The summed E-state index contributed by atoms with van der Waals surface area (Å²) in [5.41, 5.74) is 1.62. The van der Waals surface area contributed by atoms with Gasteiger partial charge < -0.3 is 14.7 Å². The van der Waals surface area contributed by atoms with E-state index in [4.69, 9.17) is 4.74 Å². The van der Waals surface area contributed by atoms with Gasteiger partial charge in [-0.1, -0.05) is 42.8 Å². The fourth-order valence-corrected chi connectivity index (χ4v) is 7.02. The summed E-state index contributed by atoms with van der Waals surface area (Å²) in [4.78, 5) is 15.3. The Bertz CT molecular complexity index is 1610. The molecular weight excluding hydrogens is 578 g/mol. The quantitative estimate of drug-likeness (QED) is 0.378. The van der Waals surface area contributed by atoms with E-state index in [9.17, 15) is 26.7 Å². The topological polar surface area (TPSA) is 133 Å². The number of anilines is 1. The molecule has 3 aromatic rings. The number of hydrogen-bond acceptors (Lipinski definition) is 7. The first-order chi connectivity index (χ1) is 19.8. The van der Waals surface area contributed by atoms with Crippen LogP contribution in [0.3, 0.4) is 0 Å². The Kier molecular flexibility index (Phi) is 9.61. The number of sulfonamides is 2. The molecule has 0 unspecified atom stereocenters. The first kappa shape index (κ1) is 31.5. The second-order valence-electron chi connectivity index (χ2n) is 10.7. The van der Waals surface area contributed by atoms with Crippen LogP contribution in [0.2, 0.25) is 0 Å². The molecule has 0 aliphatic carbocycles. The van der Waals surface area contributed by atoms with E-state index < -0.39 is 32.2 Å². The van der Waals surface area contributed by atoms with Crippen molar-refractivity contribution in [2.45, 2.75) is 49.1 Å². The fraction of sp³-hybridized carbons (Fsp3) is 0.367. The number of rotatable bonds is 9. The third-order valence-electron chi connectivity index (χ3n) is 7.39. The number of nitrogens with one attached hydrogen (secondary N) is 1. The molecule has 2 N–H and O–H groups in total. The first-order valence-corrected chi connectivity index (χ1v) is 16.5. The number of aliphatic hydroxyl groups excluding tert-OH is 1. The average Bonchev–Trinajstić information content (AvgIpc) is 3.00. The minimum Gasteiger partial charge on any atom is -0.488 e. The highest BCUT2D eigenvalue weighted by molar-refractivity contribution is 7.92. The zero-order valence-corrected chi connectivity index (χ0v) is 25.7. The molecule has 3 aromatic carbocycles. The zero-order valence-electron chi connectivity index (χ0n) is 24.1. The average molecular weight is 616 g/mol. The Balaban J connectivity index is 1.68. The number of hydrogen-bond donors (Lipinski definition) is 2. The lowest BCUT2D eigenvalue weighted by Crippen LogP contribution is -2.48. The summed E-state index contributed by atoms with van der Waals surface area (Å²) in [5.74, 6) is -0.235. The van der Waals surface area contributed by atoms with Crippen molar-refractivity contribution in [2.24, 2.45) is 5.92 Å². The minimum atomic E-state index is -3.88. The van der Waals surface area contributed by atoms with E-state index in [1.54, 1.807) is 72.5 Å². The van der Waals surface area contributed by atoms with E-state index in [-0.39, 0.29) is 53.4 Å². The monoisotopic (exact) mass is 615 g/mol. The van der Waals surface area contributed by atoms with Crippen molar-refractivity contribution in [2.75, 3.05) is 31.5 Å². The molecule has 42 heavy (non-hydrogen) atoms. The van der Waals surface area contributed by atoms with Gasteiger partial charge in [0.1, 0.15) is 11.9 Å². The van der Waals surface area contributed by atoms with Gasteiger partial charge in [-0.2, -0.15) is 4.31 Å². The maximum Gasteiger partial charge on any atom is 0.261 e. The number of amides is 1. The number of likely N-dealkylation sites (N-methyl/N-ethyl adjacent to an activating group) is 1. The van der Waals surface area contributed by atoms with Gasteiger partial charge >= 0.3 is 0 Å². The molecule has 1 amide bonds. The van der Waals surface area contributed by atoms with Gasteiger partial charge in [0.15, 0.2) is 0 Å². The predicted octanol–water partition coefficient (Wildman–Crippen LogP) is 3.27. The second-order valence-corrected chi connectivity index (χ2v) is 14.5. The molecule has 3 atom stereocenters. The van der Waals surface area contributed by atoms with Gasteiger partial charge in [-0.3, -0.25) is 9.52 Å². The fourth-order valence-electron chi connectivity index (χ4n) is 4.77. The largest absolute Gasteiger partial charge is 0.488 e. The molecule has 0 spiro atoms. The summed E-state index contributed by atoms with van der Waals surface area (Å²) in [6.07, 6.45) is -0.766. The van der Waals surface area contributed by atoms with Crippen molar-refractivity contribution in [3.8, 4) is 5.75 Å². The van der Waals surface area contributed by atoms with E-state index >= 15 is 0 Å².